The minimum atomic E-state index is -1.12. The summed E-state index contributed by atoms with van der Waals surface area (Å²) in [6.45, 7) is 3.60. The highest BCUT2D eigenvalue weighted by Crippen LogP contribution is 2.44. The zero-order valence-corrected chi connectivity index (χ0v) is 22.1. The van der Waals surface area contributed by atoms with Crippen molar-refractivity contribution in [2.45, 2.75) is 44.8 Å². The number of amides is 2. The molecule has 0 spiro atoms. The Kier molecular flexibility index (Phi) is 9.33. The molecule has 1 unspecified atom stereocenters. The van der Waals surface area contributed by atoms with E-state index in [0.717, 1.165) is 27.8 Å². The first-order chi connectivity index (χ1) is 18.9. The van der Waals surface area contributed by atoms with E-state index in [2.05, 4.69) is 22.8 Å². The maximum absolute atomic E-state index is 13.0. The van der Waals surface area contributed by atoms with E-state index in [9.17, 15) is 19.5 Å². The molecule has 3 aromatic rings. The molecule has 8 heteroatoms. The lowest BCUT2D eigenvalue weighted by molar-refractivity contribution is -0.152. The van der Waals surface area contributed by atoms with Crippen molar-refractivity contribution in [1.29, 1.82) is 0 Å². The molecule has 0 saturated heterocycles. The second kappa shape index (κ2) is 13.1. The number of carbonyl (C=O) groups is 3. The van der Waals surface area contributed by atoms with Crippen LogP contribution in [0.4, 0.5) is 4.79 Å². The molecule has 3 atom stereocenters. The number of benzene rings is 3. The first kappa shape index (κ1) is 27.9. The lowest BCUT2D eigenvalue weighted by atomic mass is 9.98. The van der Waals surface area contributed by atoms with E-state index in [0.29, 0.717) is 6.42 Å². The summed E-state index contributed by atoms with van der Waals surface area (Å²) in [6, 6.07) is 24.4. The molecule has 204 valence electrons. The second-order valence-corrected chi connectivity index (χ2v) is 9.70. The summed E-state index contributed by atoms with van der Waals surface area (Å²) in [7, 11) is 0. The Balaban J connectivity index is 1.33. The summed E-state index contributed by atoms with van der Waals surface area (Å²) >= 11 is 0. The lowest BCUT2D eigenvalue weighted by Crippen LogP contribution is -2.51. The number of rotatable bonds is 12. The van der Waals surface area contributed by atoms with Gasteiger partial charge in [0.15, 0.2) is 6.10 Å². The molecule has 0 heterocycles. The van der Waals surface area contributed by atoms with E-state index in [1.54, 1.807) is 0 Å². The molecule has 0 saturated carbocycles. The van der Waals surface area contributed by atoms with Gasteiger partial charge in [-0.3, -0.25) is 4.79 Å². The molecular weight excluding hydrogens is 496 g/mol. The SMILES string of the molecule is CC[C@H](C)[C@H](NC(=O)OCC1c2ccccc2-c2ccccc21)C(=O)NCOC(Cc1ccccc1)C(=O)O. The van der Waals surface area contributed by atoms with Gasteiger partial charge in [-0.15, -0.1) is 0 Å². The Hall–Kier alpha value is -4.17. The molecule has 3 aromatic carbocycles. The first-order valence-electron chi connectivity index (χ1n) is 13.2. The fraction of sp³-hybridized carbons (Fsp3) is 0.323. The minimum Gasteiger partial charge on any atom is -0.479 e. The van der Waals surface area contributed by atoms with Gasteiger partial charge in [0.25, 0.3) is 0 Å². The average molecular weight is 531 g/mol. The third-order valence-electron chi connectivity index (χ3n) is 7.18. The number of aliphatic carboxylic acids is 1. The Morgan fingerprint density at radius 2 is 1.49 bits per heavy atom. The number of carbonyl (C=O) groups excluding carboxylic acids is 2. The molecule has 0 aliphatic heterocycles. The van der Waals surface area contributed by atoms with Gasteiger partial charge in [-0.1, -0.05) is 99.1 Å². The Morgan fingerprint density at radius 3 is 2.08 bits per heavy atom. The monoisotopic (exact) mass is 530 g/mol. The van der Waals surface area contributed by atoms with Crippen LogP contribution in [0.15, 0.2) is 78.9 Å². The van der Waals surface area contributed by atoms with Crippen LogP contribution >= 0.6 is 0 Å². The van der Waals surface area contributed by atoms with Crippen LogP contribution in [-0.4, -0.2) is 48.6 Å². The predicted octanol–water partition coefficient (Wildman–Crippen LogP) is 4.73. The average Bonchev–Trinajstić information content (AvgIpc) is 3.27. The number of alkyl carbamates (subject to hydrolysis) is 1. The summed E-state index contributed by atoms with van der Waals surface area (Å²) in [5.74, 6) is -1.87. The van der Waals surface area contributed by atoms with Crippen molar-refractivity contribution >= 4 is 18.0 Å². The van der Waals surface area contributed by atoms with Gasteiger partial charge >= 0.3 is 12.1 Å². The standard InChI is InChI=1S/C31H34N2O6/c1-3-20(2)28(29(34)32-19-39-27(30(35)36)17-21-11-5-4-6-12-21)33-31(37)38-18-26-24-15-9-7-13-22(24)23-14-8-10-16-25(23)26/h4-16,20,26-28H,3,17-19H2,1-2H3,(H,32,34)(H,33,37)(H,35,36)/t20-,27?,28-/m0/s1. The maximum atomic E-state index is 13.0. The smallest absolute Gasteiger partial charge is 0.407 e. The van der Waals surface area contributed by atoms with Crippen molar-refractivity contribution in [3.63, 3.8) is 0 Å². The molecular formula is C31H34N2O6. The van der Waals surface area contributed by atoms with Gasteiger partial charge in [0.1, 0.15) is 19.4 Å². The van der Waals surface area contributed by atoms with Crippen LogP contribution in [0, 0.1) is 5.92 Å². The van der Waals surface area contributed by atoms with E-state index >= 15 is 0 Å². The third kappa shape index (κ3) is 6.83. The van der Waals surface area contributed by atoms with Gasteiger partial charge in [0.05, 0.1) is 0 Å². The quantitative estimate of drug-likeness (QED) is 0.292. The van der Waals surface area contributed by atoms with Gasteiger partial charge in [0.2, 0.25) is 5.91 Å². The first-order valence-corrected chi connectivity index (χ1v) is 13.2. The Morgan fingerprint density at radius 1 is 0.897 bits per heavy atom. The third-order valence-corrected chi connectivity index (χ3v) is 7.18. The highest BCUT2D eigenvalue weighted by atomic mass is 16.5. The second-order valence-electron chi connectivity index (χ2n) is 9.70. The van der Waals surface area contributed by atoms with Crippen LogP contribution in [0.1, 0.15) is 42.9 Å². The van der Waals surface area contributed by atoms with E-state index < -0.39 is 30.1 Å². The number of nitrogens with one attached hydrogen (secondary N) is 2. The molecule has 1 aliphatic rings. The van der Waals surface area contributed by atoms with Crippen molar-refractivity contribution in [3.05, 3.63) is 95.6 Å². The Bertz CT molecular complexity index is 1250. The normalized spacial score (nSPS) is 14.4. The molecule has 8 nitrogen and oxygen atoms in total. The number of ether oxygens (including phenoxy) is 2. The number of carboxylic acid groups (broad SMARTS) is 1. The van der Waals surface area contributed by atoms with E-state index in [1.807, 2.05) is 80.6 Å². The molecule has 0 radical (unpaired) electrons. The summed E-state index contributed by atoms with van der Waals surface area (Å²) in [5, 5.41) is 14.8. The highest BCUT2D eigenvalue weighted by Gasteiger charge is 2.31. The fourth-order valence-electron chi connectivity index (χ4n) is 4.84. The Labute approximate surface area is 228 Å². The van der Waals surface area contributed by atoms with Crippen LogP contribution in [0.2, 0.25) is 0 Å². The summed E-state index contributed by atoms with van der Waals surface area (Å²) in [5.41, 5.74) is 5.27. The zero-order valence-electron chi connectivity index (χ0n) is 22.1. The molecule has 2 amide bonds. The van der Waals surface area contributed by atoms with Crippen molar-refractivity contribution in [1.82, 2.24) is 10.6 Å². The fourth-order valence-corrected chi connectivity index (χ4v) is 4.84. The summed E-state index contributed by atoms with van der Waals surface area (Å²) in [6.07, 6.45) is -1.01. The van der Waals surface area contributed by atoms with Gasteiger partial charge in [0, 0.05) is 12.3 Å². The van der Waals surface area contributed by atoms with Crippen molar-refractivity contribution in [2.24, 2.45) is 5.92 Å². The highest BCUT2D eigenvalue weighted by molar-refractivity contribution is 5.86. The number of hydrogen-bond donors (Lipinski definition) is 3. The topological polar surface area (TPSA) is 114 Å². The predicted molar refractivity (Wildman–Crippen MR) is 147 cm³/mol. The van der Waals surface area contributed by atoms with E-state index in [1.165, 1.54) is 0 Å². The largest absolute Gasteiger partial charge is 0.479 e. The summed E-state index contributed by atoms with van der Waals surface area (Å²) < 4.78 is 11.1. The van der Waals surface area contributed by atoms with Gasteiger partial charge in [-0.05, 0) is 33.7 Å². The van der Waals surface area contributed by atoms with Crippen molar-refractivity contribution in [3.8, 4) is 11.1 Å². The van der Waals surface area contributed by atoms with Crippen LogP contribution < -0.4 is 10.6 Å². The van der Waals surface area contributed by atoms with Gasteiger partial charge in [-0.2, -0.15) is 0 Å². The van der Waals surface area contributed by atoms with Gasteiger partial charge in [-0.25, -0.2) is 9.59 Å². The van der Waals surface area contributed by atoms with Crippen LogP contribution in [0.5, 0.6) is 0 Å². The number of carboxylic acids is 1. The molecule has 0 bridgehead atoms. The minimum absolute atomic E-state index is 0.0926. The maximum Gasteiger partial charge on any atom is 0.407 e. The van der Waals surface area contributed by atoms with E-state index in [-0.39, 0.29) is 31.6 Å². The molecule has 0 fully saturated rings. The van der Waals surface area contributed by atoms with Crippen LogP contribution in [-0.2, 0) is 25.5 Å². The summed E-state index contributed by atoms with van der Waals surface area (Å²) in [4.78, 5) is 37.4. The van der Waals surface area contributed by atoms with Crippen molar-refractivity contribution < 1.29 is 29.0 Å². The molecule has 1 aliphatic carbocycles. The molecule has 0 aromatic heterocycles. The molecule has 4 rings (SSSR count). The van der Waals surface area contributed by atoms with Crippen molar-refractivity contribution in [2.75, 3.05) is 13.3 Å². The van der Waals surface area contributed by atoms with E-state index in [4.69, 9.17) is 9.47 Å². The van der Waals surface area contributed by atoms with Crippen LogP contribution in [0.25, 0.3) is 11.1 Å². The number of fused-ring (bicyclic) bond motifs is 3. The van der Waals surface area contributed by atoms with Crippen LogP contribution in [0.3, 0.4) is 0 Å². The van der Waals surface area contributed by atoms with Gasteiger partial charge < -0.3 is 25.2 Å². The molecule has 3 N–H and O–H groups in total. The lowest BCUT2D eigenvalue weighted by Gasteiger charge is -2.24. The molecule has 39 heavy (non-hydrogen) atoms. The number of hydrogen-bond acceptors (Lipinski definition) is 5. The zero-order chi connectivity index (χ0) is 27.8.